The molecule has 0 atom stereocenters. The fraction of sp³-hybridized carbons (Fsp3) is 0.727. The van der Waals surface area contributed by atoms with Crippen molar-refractivity contribution in [3.05, 3.63) is 11.6 Å². The van der Waals surface area contributed by atoms with Gasteiger partial charge in [0, 0.05) is 25.2 Å². The highest BCUT2D eigenvalue weighted by molar-refractivity contribution is 5.98. The summed E-state index contributed by atoms with van der Waals surface area (Å²) in [6.45, 7) is 7.54. The van der Waals surface area contributed by atoms with Gasteiger partial charge in [-0.25, -0.2) is 0 Å². The molecule has 74 valence electrons. The smallest absolute Gasteiger partial charge is 0.0368 e. The van der Waals surface area contributed by atoms with Crippen LogP contribution in [0.2, 0.25) is 0 Å². The quantitative estimate of drug-likeness (QED) is 0.709. The number of hydrogen-bond donors (Lipinski definition) is 1. The van der Waals surface area contributed by atoms with E-state index in [1.165, 1.54) is 12.0 Å². The average Bonchev–Trinajstić information content (AvgIpc) is 2.17. The Kier molecular flexibility index (Phi) is 4.16. The summed E-state index contributed by atoms with van der Waals surface area (Å²) >= 11 is 0. The van der Waals surface area contributed by atoms with Crippen LogP contribution >= 0.6 is 0 Å². The zero-order valence-corrected chi connectivity index (χ0v) is 8.77. The largest absolute Gasteiger partial charge is 0.305 e. The van der Waals surface area contributed by atoms with Crippen molar-refractivity contribution in [2.45, 2.75) is 33.1 Å². The highest BCUT2D eigenvalue weighted by Gasteiger charge is 2.16. The number of hydrogen-bond acceptors (Lipinski definition) is 2. The molecule has 0 radical (unpaired) electrons. The topological polar surface area (TPSA) is 27.1 Å². The van der Waals surface area contributed by atoms with Crippen molar-refractivity contribution in [2.24, 2.45) is 0 Å². The molecule has 0 bridgehead atoms. The van der Waals surface area contributed by atoms with Crippen molar-refractivity contribution in [2.75, 3.05) is 19.6 Å². The minimum absolute atomic E-state index is 0.859. The summed E-state index contributed by atoms with van der Waals surface area (Å²) in [6.07, 6.45) is 5.48. The normalized spacial score (nSPS) is 22.6. The molecule has 0 spiro atoms. The summed E-state index contributed by atoms with van der Waals surface area (Å²) < 4.78 is 0. The number of likely N-dealkylation sites (tertiary alicyclic amines) is 1. The van der Waals surface area contributed by atoms with Crippen molar-refractivity contribution in [3.8, 4) is 0 Å². The molecule has 1 N–H and O–H groups in total. The molecule has 0 aromatic heterocycles. The lowest BCUT2D eigenvalue weighted by atomic mass is 10.0. The van der Waals surface area contributed by atoms with Crippen LogP contribution in [-0.4, -0.2) is 30.2 Å². The van der Waals surface area contributed by atoms with Crippen LogP contribution in [0.3, 0.4) is 0 Å². The number of piperidine rings is 1. The Hall–Kier alpha value is -0.630. The number of allylic oxidation sites excluding steroid dienone is 1. The Morgan fingerprint density at radius 1 is 1.46 bits per heavy atom. The third-order valence-electron chi connectivity index (χ3n) is 2.59. The molecule has 1 saturated heterocycles. The zero-order valence-electron chi connectivity index (χ0n) is 8.77. The monoisotopic (exact) mass is 180 g/mol. The lowest BCUT2D eigenvalue weighted by molar-refractivity contribution is 0.313. The van der Waals surface area contributed by atoms with E-state index >= 15 is 0 Å². The molecule has 0 aliphatic carbocycles. The molecular weight excluding hydrogens is 160 g/mol. The Balaban J connectivity index is 2.54. The van der Waals surface area contributed by atoms with Crippen LogP contribution in [-0.2, 0) is 0 Å². The summed E-state index contributed by atoms with van der Waals surface area (Å²) in [6, 6.07) is 0. The van der Waals surface area contributed by atoms with E-state index < -0.39 is 0 Å². The van der Waals surface area contributed by atoms with Gasteiger partial charge in [-0.3, -0.25) is 4.90 Å². The average molecular weight is 180 g/mol. The molecule has 2 heteroatoms. The Morgan fingerprint density at radius 3 is 2.85 bits per heavy atom. The molecule has 2 nitrogen and oxygen atoms in total. The van der Waals surface area contributed by atoms with Crippen molar-refractivity contribution >= 4 is 5.71 Å². The summed E-state index contributed by atoms with van der Waals surface area (Å²) in [5, 5.41) is 7.79. The van der Waals surface area contributed by atoms with Crippen LogP contribution in [0.25, 0.3) is 0 Å². The number of unbranched alkanes of at least 4 members (excludes halogenated alkanes) is 1. The third kappa shape index (κ3) is 2.96. The first-order valence-electron chi connectivity index (χ1n) is 5.27. The van der Waals surface area contributed by atoms with Gasteiger partial charge in [-0.1, -0.05) is 26.3 Å². The molecule has 1 heterocycles. The molecule has 1 rings (SSSR count). The van der Waals surface area contributed by atoms with Crippen LogP contribution in [0.1, 0.15) is 33.1 Å². The maximum atomic E-state index is 7.79. The molecule has 0 aromatic carbocycles. The Bertz CT molecular complexity index is 206. The lowest BCUT2D eigenvalue weighted by Gasteiger charge is -2.27. The summed E-state index contributed by atoms with van der Waals surface area (Å²) in [5.74, 6) is 0. The van der Waals surface area contributed by atoms with E-state index in [0.717, 1.165) is 38.2 Å². The van der Waals surface area contributed by atoms with Crippen LogP contribution in [0.5, 0.6) is 0 Å². The van der Waals surface area contributed by atoms with Gasteiger partial charge in [0.15, 0.2) is 0 Å². The summed E-state index contributed by atoms with van der Waals surface area (Å²) in [4.78, 5) is 2.40. The van der Waals surface area contributed by atoms with Gasteiger partial charge in [-0.15, -0.1) is 0 Å². The second-order valence-corrected chi connectivity index (χ2v) is 3.62. The van der Waals surface area contributed by atoms with Gasteiger partial charge < -0.3 is 5.41 Å². The molecule has 0 aromatic rings. The first-order valence-corrected chi connectivity index (χ1v) is 5.27. The maximum absolute atomic E-state index is 7.79. The molecule has 0 saturated carbocycles. The fourth-order valence-corrected chi connectivity index (χ4v) is 1.62. The molecule has 1 fully saturated rings. The van der Waals surface area contributed by atoms with Gasteiger partial charge in [0.05, 0.1) is 0 Å². The highest BCUT2D eigenvalue weighted by Crippen LogP contribution is 2.13. The highest BCUT2D eigenvalue weighted by atomic mass is 15.1. The molecular formula is C11H20N2. The van der Waals surface area contributed by atoms with E-state index in [0.29, 0.717) is 0 Å². The molecule has 1 aliphatic heterocycles. The standard InChI is InChI=1S/C11H20N2/c1-3-5-6-10-9-13(4-2)8-7-11(10)12/h6,12H,3-5,7-9H2,1-2H3/b10-6-,12-11?. The van der Waals surface area contributed by atoms with Gasteiger partial charge in [0.1, 0.15) is 0 Å². The fourth-order valence-electron chi connectivity index (χ4n) is 1.62. The van der Waals surface area contributed by atoms with Crippen LogP contribution in [0.15, 0.2) is 11.6 Å². The minimum atomic E-state index is 0.859. The minimum Gasteiger partial charge on any atom is -0.305 e. The third-order valence-corrected chi connectivity index (χ3v) is 2.59. The molecule has 13 heavy (non-hydrogen) atoms. The molecule has 1 aliphatic rings. The second kappa shape index (κ2) is 5.18. The van der Waals surface area contributed by atoms with Crippen LogP contribution in [0.4, 0.5) is 0 Å². The Morgan fingerprint density at radius 2 is 2.23 bits per heavy atom. The predicted octanol–water partition coefficient (Wildman–Crippen LogP) is 2.46. The number of nitrogens with one attached hydrogen (secondary N) is 1. The van der Waals surface area contributed by atoms with Crippen LogP contribution < -0.4 is 0 Å². The number of likely N-dealkylation sites (N-methyl/N-ethyl adjacent to an activating group) is 1. The van der Waals surface area contributed by atoms with E-state index in [9.17, 15) is 0 Å². The van der Waals surface area contributed by atoms with Gasteiger partial charge in [-0.05, 0) is 18.5 Å². The molecule has 0 unspecified atom stereocenters. The van der Waals surface area contributed by atoms with Crippen molar-refractivity contribution in [1.29, 1.82) is 5.41 Å². The van der Waals surface area contributed by atoms with Crippen molar-refractivity contribution in [3.63, 3.8) is 0 Å². The SMILES string of the molecule is CCC/C=C1/CN(CC)CCC1=N. The van der Waals surface area contributed by atoms with E-state index in [1.54, 1.807) is 0 Å². The summed E-state index contributed by atoms with van der Waals surface area (Å²) in [7, 11) is 0. The van der Waals surface area contributed by atoms with Crippen LogP contribution in [0, 0.1) is 5.41 Å². The van der Waals surface area contributed by atoms with Crippen molar-refractivity contribution in [1.82, 2.24) is 4.90 Å². The second-order valence-electron chi connectivity index (χ2n) is 3.62. The maximum Gasteiger partial charge on any atom is 0.0368 e. The van der Waals surface area contributed by atoms with Gasteiger partial charge in [0.25, 0.3) is 0 Å². The number of nitrogens with zero attached hydrogens (tertiary/aromatic N) is 1. The van der Waals surface area contributed by atoms with E-state index in [-0.39, 0.29) is 0 Å². The van der Waals surface area contributed by atoms with E-state index in [1.807, 2.05) is 0 Å². The Labute approximate surface area is 81.1 Å². The van der Waals surface area contributed by atoms with Gasteiger partial charge >= 0.3 is 0 Å². The van der Waals surface area contributed by atoms with Crippen molar-refractivity contribution < 1.29 is 0 Å². The number of rotatable bonds is 3. The first kappa shape index (κ1) is 10.5. The van der Waals surface area contributed by atoms with Gasteiger partial charge in [-0.2, -0.15) is 0 Å². The van der Waals surface area contributed by atoms with E-state index in [4.69, 9.17) is 5.41 Å². The zero-order chi connectivity index (χ0) is 9.68. The first-order chi connectivity index (χ1) is 6.27. The summed E-state index contributed by atoms with van der Waals surface area (Å²) in [5.41, 5.74) is 2.12. The van der Waals surface area contributed by atoms with Gasteiger partial charge in [0.2, 0.25) is 0 Å². The lowest BCUT2D eigenvalue weighted by Crippen LogP contribution is -2.35. The predicted molar refractivity (Wildman–Crippen MR) is 57.4 cm³/mol. The van der Waals surface area contributed by atoms with E-state index in [2.05, 4.69) is 24.8 Å². The molecule has 0 amide bonds.